The molecule has 0 saturated carbocycles. The van der Waals surface area contributed by atoms with Crippen LogP contribution in [0.3, 0.4) is 0 Å². The van der Waals surface area contributed by atoms with Gasteiger partial charge < -0.3 is 5.11 Å². The fourth-order valence-electron chi connectivity index (χ4n) is 0. The van der Waals surface area contributed by atoms with Gasteiger partial charge in [-0.15, -0.1) is 0 Å². The van der Waals surface area contributed by atoms with Gasteiger partial charge in [0, 0.05) is 95.8 Å². The van der Waals surface area contributed by atoms with Gasteiger partial charge in [0.15, 0.2) is 0 Å². The van der Waals surface area contributed by atoms with Crippen LogP contribution in [0.15, 0.2) is 0 Å². The molecule has 1 nitrogen and oxygen atoms in total. The van der Waals surface area contributed by atoms with E-state index >= 15 is 0 Å². The molecule has 4 heteroatoms. The summed E-state index contributed by atoms with van der Waals surface area (Å²) < 4.78 is 0. The molecule has 0 heterocycles. The number of hydrogen-bond donors (Lipinski definition) is 1. The molecule has 0 aromatic heterocycles. The molecule has 0 aromatic rings. The Morgan fingerprint density at radius 1 is 0.800 bits per heavy atom. The van der Waals surface area contributed by atoms with Gasteiger partial charge in [0.05, 0.1) is 0 Å². The summed E-state index contributed by atoms with van der Waals surface area (Å²) in [6.07, 6.45) is 0. The predicted molar refractivity (Wildman–Crippen MR) is 25.4 cm³/mol. The van der Waals surface area contributed by atoms with E-state index in [9.17, 15) is 0 Å². The second kappa shape index (κ2) is 28.2. The first-order valence-electron chi connectivity index (χ1n) is 0.447. The molecule has 0 spiro atoms. The molecule has 0 bridgehead atoms. The largest absolute Gasteiger partial charge is 0.400 e. The van der Waals surface area contributed by atoms with Crippen LogP contribution < -0.4 is 0 Å². The SMILES string of the molecule is CO.[Na].[Na].[Na]. The summed E-state index contributed by atoms with van der Waals surface area (Å²) in [6.45, 7) is 0. The van der Waals surface area contributed by atoms with Crippen molar-refractivity contribution in [1.82, 2.24) is 0 Å². The van der Waals surface area contributed by atoms with Crippen LogP contribution in [-0.2, 0) is 0 Å². The van der Waals surface area contributed by atoms with Gasteiger partial charge in [0.1, 0.15) is 0 Å². The van der Waals surface area contributed by atoms with E-state index in [0.29, 0.717) is 0 Å². The van der Waals surface area contributed by atoms with E-state index in [1.165, 1.54) is 0 Å². The van der Waals surface area contributed by atoms with Crippen molar-refractivity contribution in [1.29, 1.82) is 0 Å². The molecule has 0 aromatic carbocycles. The molecular formula is CH4Na3O. The number of rotatable bonds is 0. The Morgan fingerprint density at radius 3 is 0.800 bits per heavy atom. The average Bonchev–Trinajstić information content (AvgIpc) is 1.00. The van der Waals surface area contributed by atoms with Gasteiger partial charge in [-0.1, -0.05) is 0 Å². The molecule has 0 amide bonds. The van der Waals surface area contributed by atoms with Crippen molar-refractivity contribution in [3.63, 3.8) is 0 Å². The van der Waals surface area contributed by atoms with Crippen molar-refractivity contribution in [2.75, 3.05) is 7.11 Å². The van der Waals surface area contributed by atoms with Gasteiger partial charge in [0.25, 0.3) is 0 Å². The number of hydrogen-bond acceptors (Lipinski definition) is 1. The maximum Gasteiger partial charge on any atom is 0.0319 e. The van der Waals surface area contributed by atoms with Crippen LogP contribution in [0, 0.1) is 0 Å². The summed E-state index contributed by atoms with van der Waals surface area (Å²) in [5, 5.41) is 7.00. The van der Waals surface area contributed by atoms with E-state index in [-0.39, 0.29) is 88.7 Å². The summed E-state index contributed by atoms with van der Waals surface area (Å²) in [5.74, 6) is 0. The van der Waals surface area contributed by atoms with Gasteiger partial charge in [-0.05, 0) is 0 Å². The van der Waals surface area contributed by atoms with Crippen LogP contribution >= 0.6 is 0 Å². The Kier molecular flexibility index (Phi) is 139. The Labute approximate surface area is 98.8 Å². The first-order valence-corrected chi connectivity index (χ1v) is 0.447. The van der Waals surface area contributed by atoms with Gasteiger partial charge >= 0.3 is 0 Å². The smallest absolute Gasteiger partial charge is 0.0319 e. The van der Waals surface area contributed by atoms with Crippen LogP contribution in [0.4, 0.5) is 0 Å². The first-order chi connectivity index (χ1) is 1.00. The summed E-state index contributed by atoms with van der Waals surface area (Å²) >= 11 is 0. The molecule has 0 fully saturated rings. The second-order valence-electron chi connectivity index (χ2n) is 0. The Balaban J connectivity index is -0.00000000167. The fourth-order valence-corrected chi connectivity index (χ4v) is 0. The van der Waals surface area contributed by atoms with Crippen LogP contribution in [-0.4, -0.2) is 101 Å². The Bertz CT molecular complexity index is 6.85. The summed E-state index contributed by atoms with van der Waals surface area (Å²) in [6, 6.07) is 0. The zero-order valence-corrected chi connectivity index (χ0v) is 10.4. The van der Waals surface area contributed by atoms with Crippen molar-refractivity contribution >= 4 is 88.7 Å². The zero-order chi connectivity index (χ0) is 2.00. The molecule has 0 aliphatic carbocycles. The maximum atomic E-state index is 7.00. The maximum absolute atomic E-state index is 7.00. The van der Waals surface area contributed by atoms with E-state index < -0.39 is 0 Å². The average molecular weight is 101 g/mol. The number of aliphatic hydroxyl groups excluding tert-OH is 1. The van der Waals surface area contributed by atoms with E-state index in [4.69, 9.17) is 5.11 Å². The van der Waals surface area contributed by atoms with Crippen molar-refractivity contribution in [2.45, 2.75) is 0 Å². The Hall–Kier alpha value is 2.96. The molecule has 0 rings (SSSR count). The van der Waals surface area contributed by atoms with Gasteiger partial charge in [-0.25, -0.2) is 0 Å². The van der Waals surface area contributed by atoms with Crippen molar-refractivity contribution in [2.24, 2.45) is 0 Å². The number of aliphatic hydroxyl groups is 1. The van der Waals surface area contributed by atoms with Gasteiger partial charge in [-0.2, -0.15) is 0 Å². The third-order valence-corrected chi connectivity index (χ3v) is 0. The van der Waals surface area contributed by atoms with Crippen LogP contribution in [0.5, 0.6) is 0 Å². The van der Waals surface area contributed by atoms with Crippen molar-refractivity contribution in [3.8, 4) is 0 Å². The van der Waals surface area contributed by atoms with Crippen LogP contribution in [0.25, 0.3) is 0 Å². The molecule has 3 radical (unpaired) electrons. The molecule has 0 unspecified atom stereocenters. The van der Waals surface area contributed by atoms with Crippen LogP contribution in [0.1, 0.15) is 0 Å². The molecule has 0 aliphatic rings. The zero-order valence-electron chi connectivity index (χ0n) is 4.45. The molecule has 5 heavy (non-hydrogen) atoms. The van der Waals surface area contributed by atoms with Crippen molar-refractivity contribution < 1.29 is 5.11 Å². The van der Waals surface area contributed by atoms with Gasteiger partial charge in [-0.3, -0.25) is 0 Å². The molecule has 0 saturated heterocycles. The van der Waals surface area contributed by atoms with E-state index in [1.54, 1.807) is 0 Å². The third kappa shape index (κ3) is 19.5. The Morgan fingerprint density at radius 2 is 0.800 bits per heavy atom. The normalized spacial score (nSPS) is 1.20. The fraction of sp³-hybridized carbons (Fsp3) is 1.00. The summed E-state index contributed by atoms with van der Waals surface area (Å²) in [5.41, 5.74) is 0. The first kappa shape index (κ1) is 24.6. The van der Waals surface area contributed by atoms with E-state index in [2.05, 4.69) is 0 Å². The monoisotopic (exact) mass is 101 g/mol. The molecular weight excluding hydrogens is 97.0 g/mol. The quantitative estimate of drug-likeness (QED) is 0.367. The molecule has 0 aliphatic heterocycles. The summed E-state index contributed by atoms with van der Waals surface area (Å²) in [4.78, 5) is 0. The van der Waals surface area contributed by atoms with Crippen LogP contribution in [0.2, 0.25) is 0 Å². The topological polar surface area (TPSA) is 20.2 Å². The van der Waals surface area contributed by atoms with Crippen molar-refractivity contribution in [3.05, 3.63) is 0 Å². The second-order valence-corrected chi connectivity index (χ2v) is 0. The minimum Gasteiger partial charge on any atom is -0.400 e. The predicted octanol–water partition coefficient (Wildman–Crippen LogP) is -1.53. The minimum absolute atomic E-state index is 0. The van der Waals surface area contributed by atoms with E-state index in [0.717, 1.165) is 7.11 Å². The third-order valence-electron chi connectivity index (χ3n) is 0. The minimum atomic E-state index is 0. The molecule has 0 atom stereocenters. The summed E-state index contributed by atoms with van der Waals surface area (Å²) in [7, 11) is 1.00. The molecule has 1 N–H and O–H groups in total. The van der Waals surface area contributed by atoms with Gasteiger partial charge in [0.2, 0.25) is 0 Å². The van der Waals surface area contributed by atoms with E-state index in [1.807, 2.05) is 0 Å². The standard InChI is InChI=1S/CH4O.3Na/c1-2;;;/h2H,1H3;;;. The molecule has 17 valence electrons.